The molecule has 1 aromatic carbocycles. The molecule has 6 heteroatoms. The van der Waals surface area contributed by atoms with E-state index in [0.29, 0.717) is 6.04 Å². The summed E-state index contributed by atoms with van der Waals surface area (Å²) in [5.74, 6) is 0.831. The van der Waals surface area contributed by atoms with E-state index in [1.54, 1.807) is 7.11 Å². The molecule has 0 saturated carbocycles. The number of halogens is 1. The fourth-order valence-electron chi connectivity index (χ4n) is 2.94. The van der Waals surface area contributed by atoms with Gasteiger partial charge < -0.3 is 10.5 Å². The third-order valence-corrected chi connectivity index (χ3v) is 3.96. The first kappa shape index (κ1) is 16.8. The summed E-state index contributed by atoms with van der Waals surface area (Å²) >= 11 is 0. The smallest absolute Gasteiger partial charge is 0.144 e. The van der Waals surface area contributed by atoms with Crippen LogP contribution >= 0.6 is 12.4 Å². The lowest BCUT2D eigenvalue weighted by atomic mass is 10.1. The zero-order chi connectivity index (χ0) is 14.7. The standard InChI is InChI=1S/C16H22N4O.ClH/c1-21-16-7-3-2-6-15(16)20-14(8-9-18-20)12-19-10-4-5-13(17)11-19;/h2-3,6-9,13H,4-5,10-12,17H2,1H3;1H. The highest BCUT2D eigenvalue weighted by Crippen LogP contribution is 2.23. The summed E-state index contributed by atoms with van der Waals surface area (Å²) in [5, 5.41) is 4.46. The first-order chi connectivity index (χ1) is 10.3. The lowest BCUT2D eigenvalue weighted by molar-refractivity contribution is 0.198. The maximum Gasteiger partial charge on any atom is 0.144 e. The van der Waals surface area contributed by atoms with Gasteiger partial charge >= 0.3 is 0 Å². The first-order valence-electron chi connectivity index (χ1n) is 7.42. The molecule has 2 N–H and O–H groups in total. The number of hydrogen-bond donors (Lipinski definition) is 1. The molecule has 0 bridgehead atoms. The van der Waals surface area contributed by atoms with Crippen LogP contribution in [0.25, 0.3) is 5.69 Å². The quantitative estimate of drug-likeness (QED) is 0.938. The van der Waals surface area contributed by atoms with Gasteiger partial charge in [-0.25, -0.2) is 4.68 Å². The fourth-order valence-corrected chi connectivity index (χ4v) is 2.94. The molecule has 1 aromatic heterocycles. The van der Waals surface area contributed by atoms with Crippen molar-refractivity contribution in [1.82, 2.24) is 14.7 Å². The van der Waals surface area contributed by atoms with Crippen molar-refractivity contribution in [2.24, 2.45) is 5.73 Å². The third-order valence-electron chi connectivity index (χ3n) is 3.96. The molecule has 3 rings (SSSR count). The molecule has 0 spiro atoms. The molecule has 1 atom stereocenters. The molecular formula is C16H23ClN4O. The van der Waals surface area contributed by atoms with Crippen LogP contribution < -0.4 is 10.5 Å². The van der Waals surface area contributed by atoms with E-state index in [2.05, 4.69) is 16.1 Å². The van der Waals surface area contributed by atoms with Crippen molar-refractivity contribution < 1.29 is 4.74 Å². The Balaban J connectivity index is 0.00000176. The average Bonchev–Trinajstić information content (AvgIpc) is 2.95. The van der Waals surface area contributed by atoms with Gasteiger partial charge in [-0.05, 0) is 37.6 Å². The second-order valence-corrected chi connectivity index (χ2v) is 5.54. The summed E-state index contributed by atoms with van der Waals surface area (Å²) in [6.45, 7) is 2.92. The van der Waals surface area contributed by atoms with Gasteiger partial charge in [-0.3, -0.25) is 4.90 Å². The Morgan fingerprint density at radius 2 is 2.14 bits per heavy atom. The number of para-hydroxylation sites is 2. The van der Waals surface area contributed by atoms with Gasteiger partial charge in [0, 0.05) is 25.3 Å². The van der Waals surface area contributed by atoms with E-state index in [-0.39, 0.29) is 12.4 Å². The van der Waals surface area contributed by atoms with Crippen molar-refractivity contribution in [3.05, 3.63) is 42.2 Å². The second kappa shape index (κ2) is 7.63. The van der Waals surface area contributed by atoms with Crippen LogP contribution in [-0.2, 0) is 6.54 Å². The number of benzene rings is 1. The third kappa shape index (κ3) is 3.61. The molecule has 5 nitrogen and oxygen atoms in total. The van der Waals surface area contributed by atoms with Gasteiger partial charge in [0.2, 0.25) is 0 Å². The minimum Gasteiger partial charge on any atom is -0.494 e. The summed E-state index contributed by atoms with van der Waals surface area (Å²) in [6.07, 6.45) is 4.14. The topological polar surface area (TPSA) is 56.3 Å². The van der Waals surface area contributed by atoms with Crippen molar-refractivity contribution in [1.29, 1.82) is 0 Å². The van der Waals surface area contributed by atoms with Gasteiger partial charge in [-0.2, -0.15) is 5.10 Å². The van der Waals surface area contributed by atoms with Gasteiger partial charge in [-0.15, -0.1) is 12.4 Å². The summed E-state index contributed by atoms with van der Waals surface area (Å²) in [6, 6.07) is 10.3. The van der Waals surface area contributed by atoms with Gasteiger partial charge in [0.1, 0.15) is 11.4 Å². The molecule has 1 aliphatic heterocycles. The molecule has 2 heterocycles. The minimum atomic E-state index is 0. The number of nitrogens with zero attached hydrogens (tertiary/aromatic N) is 3. The lowest BCUT2D eigenvalue weighted by Gasteiger charge is -2.30. The molecule has 2 aromatic rings. The summed E-state index contributed by atoms with van der Waals surface area (Å²) in [4.78, 5) is 2.40. The average molecular weight is 323 g/mol. The van der Waals surface area contributed by atoms with Crippen LogP contribution in [0, 0.1) is 0 Å². The molecule has 1 fully saturated rings. The zero-order valence-electron chi connectivity index (χ0n) is 12.8. The molecule has 120 valence electrons. The first-order valence-corrected chi connectivity index (χ1v) is 7.42. The molecule has 22 heavy (non-hydrogen) atoms. The Kier molecular flexibility index (Phi) is 5.83. The number of hydrogen-bond acceptors (Lipinski definition) is 4. The van der Waals surface area contributed by atoms with Crippen LogP contribution in [0.5, 0.6) is 5.75 Å². The molecule has 1 saturated heterocycles. The van der Waals surface area contributed by atoms with Crippen molar-refractivity contribution in [2.45, 2.75) is 25.4 Å². The van der Waals surface area contributed by atoms with Crippen molar-refractivity contribution >= 4 is 12.4 Å². The SMILES string of the molecule is COc1ccccc1-n1nccc1CN1CCCC(N)C1.Cl. The highest BCUT2D eigenvalue weighted by Gasteiger charge is 2.19. The molecule has 0 radical (unpaired) electrons. The van der Waals surface area contributed by atoms with Gasteiger partial charge in [0.15, 0.2) is 0 Å². The fraction of sp³-hybridized carbons (Fsp3) is 0.438. The number of ether oxygens (including phenoxy) is 1. The van der Waals surface area contributed by atoms with E-state index in [4.69, 9.17) is 10.5 Å². The van der Waals surface area contributed by atoms with Gasteiger partial charge in [0.25, 0.3) is 0 Å². The van der Waals surface area contributed by atoms with Crippen molar-refractivity contribution in [3.63, 3.8) is 0 Å². The number of nitrogens with two attached hydrogens (primary N) is 1. The zero-order valence-corrected chi connectivity index (χ0v) is 13.6. The van der Waals surface area contributed by atoms with Crippen LogP contribution in [0.2, 0.25) is 0 Å². The van der Waals surface area contributed by atoms with E-state index in [9.17, 15) is 0 Å². The van der Waals surface area contributed by atoms with Crippen LogP contribution in [-0.4, -0.2) is 40.9 Å². The highest BCUT2D eigenvalue weighted by molar-refractivity contribution is 5.85. The van der Waals surface area contributed by atoms with Crippen LogP contribution in [0.1, 0.15) is 18.5 Å². The van der Waals surface area contributed by atoms with E-state index >= 15 is 0 Å². The van der Waals surface area contributed by atoms with E-state index in [0.717, 1.165) is 43.2 Å². The van der Waals surface area contributed by atoms with E-state index in [1.807, 2.05) is 35.1 Å². The predicted octanol–water partition coefficient (Wildman–Crippen LogP) is 2.23. The molecule has 0 amide bonds. The Bertz CT molecular complexity index is 601. The van der Waals surface area contributed by atoms with Gasteiger partial charge in [0.05, 0.1) is 12.8 Å². The summed E-state index contributed by atoms with van der Waals surface area (Å²) < 4.78 is 7.39. The summed E-state index contributed by atoms with van der Waals surface area (Å²) in [5.41, 5.74) is 8.20. The number of aromatic nitrogens is 2. The molecule has 1 aliphatic rings. The Labute approximate surface area is 137 Å². The normalized spacial score (nSPS) is 18.7. The Hall–Kier alpha value is -1.56. The monoisotopic (exact) mass is 322 g/mol. The van der Waals surface area contributed by atoms with Crippen LogP contribution in [0.4, 0.5) is 0 Å². The largest absolute Gasteiger partial charge is 0.494 e. The van der Waals surface area contributed by atoms with Crippen molar-refractivity contribution in [2.75, 3.05) is 20.2 Å². The van der Waals surface area contributed by atoms with E-state index < -0.39 is 0 Å². The van der Waals surface area contributed by atoms with Gasteiger partial charge in [-0.1, -0.05) is 12.1 Å². The molecule has 1 unspecified atom stereocenters. The number of likely N-dealkylation sites (tertiary alicyclic amines) is 1. The molecule has 0 aliphatic carbocycles. The minimum absolute atomic E-state index is 0. The Morgan fingerprint density at radius 1 is 1.32 bits per heavy atom. The maximum absolute atomic E-state index is 6.06. The second-order valence-electron chi connectivity index (χ2n) is 5.54. The lowest BCUT2D eigenvalue weighted by Crippen LogP contribution is -2.42. The number of rotatable bonds is 4. The predicted molar refractivity (Wildman–Crippen MR) is 89.9 cm³/mol. The Morgan fingerprint density at radius 3 is 2.91 bits per heavy atom. The van der Waals surface area contributed by atoms with Crippen LogP contribution in [0.3, 0.4) is 0 Å². The number of piperidine rings is 1. The highest BCUT2D eigenvalue weighted by atomic mass is 35.5. The summed E-state index contributed by atoms with van der Waals surface area (Å²) in [7, 11) is 1.69. The number of methoxy groups -OCH3 is 1. The van der Waals surface area contributed by atoms with E-state index in [1.165, 1.54) is 6.42 Å². The van der Waals surface area contributed by atoms with Crippen molar-refractivity contribution in [3.8, 4) is 11.4 Å². The van der Waals surface area contributed by atoms with Crippen LogP contribution in [0.15, 0.2) is 36.5 Å². The molecular weight excluding hydrogens is 300 g/mol. The maximum atomic E-state index is 6.06.